The SMILES string of the molecule is CC(C)c1cccc(OOC(C)(C)CC(C)(C)C)c1. The third kappa shape index (κ3) is 6.11. The van der Waals surface area contributed by atoms with Gasteiger partial charge in [-0.2, -0.15) is 4.89 Å². The molecule has 0 aliphatic rings. The molecular weight excluding hydrogens is 236 g/mol. The molecule has 0 aromatic heterocycles. The molecular formula is C17H28O2. The third-order valence-electron chi connectivity index (χ3n) is 2.84. The van der Waals surface area contributed by atoms with E-state index in [4.69, 9.17) is 9.78 Å². The van der Waals surface area contributed by atoms with E-state index in [2.05, 4.69) is 54.5 Å². The molecule has 2 nitrogen and oxygen atoms in total. The fourth-order valence-corrected chi connectivity index (χ4v) is 2.39. The predicted octanol–water partition coefficient (Wildman–Crippen LogP) is 5.34. The zero-order valence-corrected chi connectivity index (χ0v) is 13.4. The molecule has 1 aromatic rings. The molecule has 0 aliphatic heterocycles. The lowest BCUT2D eigenvalue weighted by Gasteiger charge is -2.30. The molecule has 0 radical (unpaired) electrons. The van der Waals surface area contributed by atoms with Gasteiger partial charge in [0, 0.05) is 0 Å². The van der Waals surface area contributed by atoms with Gasteiger partial charge in [0.15, 0.2) is 5.75 Å². The highest BCUT2D eigenvalue weighted by molar-refractivity contribution is 5.29. The first kappa shape index (κ1) is 16.0. The van der Waals surface area contributed by atoms with Gasteiger partial charge in [0.1, 0.15) is 5.60 Å². The Morgan fingerprint density at radius 1 is 1.05 bits per heavy atom. The lowest BCUT2D eigenvalue weighted by Crippen LogP contribution is -2.31. The molecule has 2 heteroatoms. The van der Waals surface area contributed by atoms with Crippen LogP contribution in [0.3, 0.4) is 0 Å². The Morgan fingerprint density at radius 3 is 2.21 bits per heavy atom. The molecule has 0 atom stereocenters. The van der Waals surface area contributed by atoms with Gasteiger partial charge in [-0.3, -0.25) is 0 Å². The van der Waals surface area contributed by atoms with Gasteiger partial charge in [-0.25, -0.2) is 0 Å². The van der Waals surface area contributed by atoms with Gasteiger partial charge in [0.25, 0.3) is 0 Å². The Kier molecular flexibility index (Phi) is 5.03. The average Bonchev–Trinajstić information content (AvgIpc) is 2.24. The van der Waals surface area contributed by atoms with Gasteiger partial charge >= 0.3 is 0 Å². The summed E-state index contributed by atoms with van der Waals surface area (Å²) in [5, 5.41) is 0. The van der Waals surface area contributed by atoms with Crippen LogP contribution in [0.4, 0.5) is 0 Å². The van der Waals surface area contributed by atoms with Gasteiger partial charge in [-0.1, -0.05) is 46.8 Å². The van der Waals surface area contributed by atoms with Crippen molar-refractivity contribution in [2.24, 2.45) is 5.41 Å². The van der Waals surface area contributed by atoms with E-state index in [1.54, 1.807) is 0 Å². The van der Waals surface area contributed by atoms with E-state index in [1.807, 2.05) is 18.2 Å². The monoisotopic (exact) mass is 264 g/mol. The van der Waals surface area contributed by atoms with Crippen molar-refractivity contribution in [3.05, 3.63) is 29.8 Å². The first-order valence-electron chi connectivity index (χ1n) is 7.05. The molecule has 108 valence electrons. The van der Waals surface area contributed by atoms with Crippen LogP contribution in [-0.2, 0) is 4.89 Å². The number of hydrogen-bond donors (Lipinski definition) is 0. The summed E-state index contributed by atoms with van der Waals surface area (Å²) in [5.74, 6) is 1.26. The van der Waals surface area contributed by atoms with E-state index in [0.717, 1.165) is 12.2 Å². The summed E-state index contributed by atoms with van der Waals surface area (Å²) < 4.78 is 0. The molecule has 0 bridgehead atoms. The van der Waals surface area contributed by atoms with Crippen LogP contribution >= 0.6 is 0 Å². The molecule has 1 rings (SSSR count). The van der Waals surface area contributed by atoms with Crippen LogP contribution < -0.4 is 4.89 Å². The van der Waals surface area contributed by atoms with Gasteiger partial charge < -0.3 is 4.89 Å². The highest BCUT2D eigenvalue weighted by Gasteiger charge is 2.28. The van der Waals surface area contributed by atoms with Gasteiger partial charge in [-0.05, 0) is 49.3 Å². The minimum Gasteiger partial charge on any atom is -0.337 e. The molecule has 0 aliphatic carbocycles. The van der Waals surface area contributed by atoms with E-state index in [0.29, 0.717) is 5.92 Å². The van der Waals surface area contributed by atoms with Crippen LogP contribution in [0, 0.1) is 5.41 Å². The number of hydrogen-bond acceptors (Lipinski definition) is 2. The van der Waals surface area contributed by atoms with Crippen molar-refractivity contribution in [3.8, 4) is 5.75 Å². The third-order valence-corrected chi connectivity index (χ3v) is 2.84. The van der Waals surface area contributed by atoms with Crippen LogP contribution in [0.25, 0.3) is 0 Å². The average molecular weight is 264 g/mol. The highest BCUT2D eigenvalue weighted by Crippen LogP contribution is 2.30. The Balaban J connectivity index is 2.63. The molecule has 19 heavy (non-hydrogen) atoms. The molecule has 0 saturated carbocycles. The Labute approximate surface area is 118 Å². The second-order valence-corrected chi connectivity index (χ2v) is 7.39. The van der Waals surface area contributed by atoms with Crippen LogP contribution in [0.5, 0.6) is 5.75 Å². The van der Waals surface area contributed by atoms with Crippen molar-refractivity contribution in [3.63, 3.8) is 0 Å². The summed E-state index contributed by atoms with van der Waals surface area (Å²) in [6.07, 6.45) is 0.934. The molecule has 0 unspecified atom stereocenters. The van der Waals surface area contributed by atoms with E-state index in [1.165, 1.54) is 5.56 Å². The molecule has 0 spiro atoms. The van der Waals surface area contributed by atoms with Crippen molar-refractivity contribution in [1.29, 1.82) is 0 Å². The summed E-state index contributed by atoms with van der Waals surface area (Å²) >= 11 is 0. The second-order valence-electron chi connectivity index (χ2n) is 7.39. The standard InChI is InChI=1S/C17H28O2/c1-13(2)14-9-8-10-15(11-14)18-19-17(6,7)12-16(3,4)5/h8-11,13H,12H2,1-7H3. The first-order valence-corrected chi connectivity index (χ1v) is 7.05. The number of benzene rings is 1. The summed E-state index contributed by atoms with van der Waals surface area (Å²) in [5.41, 5.74) is 1.17. The zero-order valence-electron chi connectivity index (χ0n) is 13.4. The summed E-state index contributed by atoms with van der Waals surface area (Å²) in [6, 6.07) is 8.08. The van der Waals surface area contributed by atoms with Crippen LogP contribution in [0.1, 0.15) is 66.4 Å². The van der Waals surface area contributed by atoms with Crippen molar-refractivity contribution in [2.45, 2.75) is 66.4 Å². The van der Waals surface area contributed by atoms with Gasteiger partial charge in [-0.15, -0.1) is 0 Å². The highest BCUT2D eigenvalue weighted by atomic mass is 17.2. The number of rotatable bonds is 5. The van der Waals surface area contributed by atoms with E-state index in [-0.39, 0.29) is 11.0 Å². The molecule has 0 heterocycles. The summed E-state index contributed by atoms with van der Waals surface area (Å²) in [4.78, 5) is 11.1. The first-order chi connectivity index (χ1) is 8.59. The quantitative estimate of drug-likeness (QED) is 0.528. The van der Waals surface area contributed by atoms with Crippen molar-refractivity contribution in [1.82, 2.24) is 0 Å². The fourth-order valence-electron chi connectivity index (χ4n) is 2.39. The Morgan fingerprint density at radius 2 is 1.68 bits per heavy atom. The zero-order chi connectivity index (χ0) is 14.7. The Hall–Kier alpha value is -1.02. The van der Waals surface area contributed by atoms with Crippen molar-refractivity contribution in [2.75, 3.05) is 0 Å². The fraction of sp³-hybridized carbons (Fsp3) is 0.647. The smallest absolute Gasteiger partial charge is 0.165 e. The van der Waals surface area contributed by atoms with Crippen LogP contribution in [-0.4, -0.2) is 5.60 Å². The molecule has 1 aromatic carbocycles. The lowest BCUT2D eigenvalue weighted by atomic mass is 9.84. The molecule has 0 fully saturated rings. The van der Waals surface area contributed by atoms with Gasteiger partial charge in [0.2, 0.25) is 0 Å². The molecule has 0 saturated heterocycles. The van der Waals surface area contributed by atoms with Crippen molar-refractivity contribution < 1.29 is 9.78 Å². The van der Waals surface area contributed by atoms with Crippen LogP contribution in [0.2, 0.25) is 0 Å². The maximum absolute atomic E-state index is 5.63. The molecule has 0 N–H and O–H groups in total. The van der Waals surface area contributed by atoms with E-state index < -0.39 is 0 Å². The largest absolute Gasteiger partial charge is 0.337 e. The molecule has 0 amide bonds. The summed E-state index contributed by atoms with van der Waals surface area (Å²) in [6.45, 7) is 15.1. The lowest BCUT2D eigenvalue weighted by molar-refractivity contribution is -0.287. The van der Waals surface area contributed by atoms with Crippen LogP contribution in [0.15, 0.2) is 24.3 Å². The minimum absolute atomic E-state index is 0.215. The normalized spacial score (nSPS) is 12.8. The predicted molar refractivity (Wildman–Crippen MR) is 80.4 cm³/mol. The maximum atomic E-state index is 5.63. The second kappa shape index (κ2) is 5.96. The summed E-state index contributed by atoms with van der Waals surface area (Å²) in [7, 11) is 0. The topological polar surface area (TPSA) is 18.5 Å². The maximum Gasteiger partial charge on any atom is 0.165 e. The van der Waals surface area contributed by atoms with E-state index >= 15 is 0 Å². The Bertz CT molecular complexity index is 400. The minimum atomic E-state index is -0.300. The van der Waals surface area contributed by atoms with E-state index in [9.17, 15) is 0 Å². The van der Waals surface area contributed by atoms with Crippen molar-refractivity contribution >= 4 is 0 Å². The van der Waals surface area contributed by atoms with Gasteiger partial charge in [0.05, 0.1) is 0 Å².